The molecule has 0 spiro atoms. The molecule has 5 N–H and O–H groups in total. The number of rotatable bonds is 10. The van der Waals surface area contributed by atoms with Gasteiger partial charge < -0.3 is 21.3 Å². The topological polar surface area (TPSA) is 133 Å². The fourth-order valence-corrected chi connectivity index (χ4v) is 4.32. The predicted octanol–water partition coefficient (Wildman–Crippen LogP) is 2.16. The third-order valence-corrected chi connectivity index (χ3v) is 6.00. The van der Waals surface area contributed by atoms with Gasteiger partial charge in [-0.25, -0.2) is 13.2 Å². The zero-order chi connectivity index (χ0) is 24.1. The molecular formula is C21H29N3O5S. The van der Waals surface area contributed by atoms with Gasteiger partial charge in [0.05, 0.1) is 17.0 Å². The Morgan fingerprint density at radius 2 is 1.77 bits per heavy atom. The maximum Gasteiger partial charge on any atom is 0.404 e. The van der Waals surface area contributed by atoms with Gasteiger partial charge in [0.1, 0.15) is 0 Å². The van der Waals surface area contributed by atoms with Gasteiger partial charge in [0, 0.05) is 21.5 Å². The lowest BCUT2D eigenvalue weighted by atomic mass is 10.0. The first kappa shape index (κ1) is 20.6. The lowest BCUT2D eigenvalue weighted by Gasteiger charge is -2.30. The average Bonchev–Trinajstić information content (AvgIpc) is 2.71. The summed E-state index contributed by atoms with van der Waals surface area (Å²) in [6.45, 7) is 0.0288. The van der Waals surface area contributed by atoms with Crippen LogP contribution in [-0.4, -0.2) is 54.2 Å². The molecule has 2 atom stereocenters. The molecular weight excluding hydrogens is 406 g/mol. The number of nitrogen functional groups attached to an aromatic ring is 1. The molecule has 0 aliphatic rings. The predicted molar refractivity (Wildman–Crippen MR) is 116 cm³/mol. The van der Waals surface area contributed by atoms with Crippen molar-refractivity contribution in [2.24, 2.45) is 5.92 Å². The monoisotopic (exact) mass is 437 g/mol. The van der Waals surface area contributed by atoms with Crippen LogP contribution in [0.1, 0.15) is 22.2 Å². The van der Waals surface area contributed by atoms with Crippen molar-refractivity contribution >= 4 is 21.8 Å². The van der Waals surface area contributed by atoms with Gasteiger partial charge in [-0.05, 0) is 42.2 Å². The molecule has 0 radical (unpaired) electrons. The molecule has 1 amide bonds. The zero-order valence-corrected chi connectivity index (χ0v) is 17.7. The van der Waals surface area contributed by atoms with Crippen LogP contribution < -0.4 is 11.1 Å². The number of nitrogens with one attached hydrogen (secondary N) is 1. The van der Waals surface area contributed by atoms with E-state index in [9.17, 15) is 23.4 Å². The molecule has 0 saturated carbocycles. The minimum atomic E-state index is -4.38. The smallest absolute Gasteiger partial charge is 0.404 e. The van der Waals surface area contributed by atoms with Crippen LogP contribution in [0.5, 0.6) is 0 Å². The number of amides is 1. The number of hydrogen-bond donors (Lipinski definition) is 4. The molecule has 8 nitrogen and oxygen atoms in total. The molecule has 0 aliphatic heterocycles. The number of carbonyl (C=O) groups is 1. The van der Waals surface area contributed by atoms with Gasteiger partial charge in [0.2, 0.25) is 10.0 Å². The average molecular weight is 438 g/mol. The second-order valence-corrected chi connectivity index (χ2v) is 9.06. The van der Waals surface area contributed by atoms with Crippen molar-refractivity contribution in [2.45, 2.75) is 37.3 Å². The van der Waals surface area contributed by atoms with Crippen LogP contribution in [0.2, 0.25) is 0 Å². The van der Waals surface area contributed by atoms with Crippen molar-refractivity contribution in [3.8, 4) is 0 Å². The Balaban J connectivity index is 2.42. The summed E-state index contributed by atoms with van der Waals surface area (Å²) in [5.74, 6) is -0.752. The number of aliphatic hydroxyl groups excluding tert-OH is 1. The zero-order valence-electron chi connectivity index (χ0n) is 18.9. The second kappa shape index (κ2) is 10.4. The molecule has 0 heterocycles. The van der Waals surface area contributed by atoms with Crippen LogP contribution in [0.4, 0.5) is 10.5 Å². The van der Waals surface area contributed by atoms with E-state index < -0.39 is 47.2 Å². The van der Waals surface area contributed by atoms with Gasteiger partial charge >= 0.3 is 6.09 Å². The summed E-state index contributed by atoms with van der Waals surface area (Å²) in [6, 6.07) is 13.0. The van der Waals surface area contributed by atoms with Crippen LogP contribution >= 0.6 is 0 Å². The minimum Gasteiger partial charge on any atom is -0.465 e. The Kier molecular flexibility index (Phi) is 7.17. The van der Waals surface area contributed by atoms with Gasteiger partial charge in [0.25, 0.3) is 0 Å². The van der Waals surface area contributed by atoms with E-state index in [2.05, 4.69) is 5.32 Å². The van der Waals surface area contributed by atoms with Crippen molar-refractivity contribution < 1.29 is 26.2 Å². The van der Waals surface area contributed by atoms with Crippen LogP contribution in [0.3, 0.4) is 0 Å². The normalized spacial score (nSPS) is 15.4. The number of benzene rings is 2. The van der Waals surface area contributed by atoms with Crippen molar-refractivity contribution in [1.82, 2.24) is 9.62 Å². The lowest BCUT2D eigenvalue weighted by molar-refractivity contribution is 0.0980. The summed E-state index contributed by atoms with van der Waals surface area (Å²) in [6.07, 6.45) is -2.82. The van der Waals surface area contributed by atoms with Crippen LogP contribution in [0.25, 0.3) is 0 Å². The largest absolute Gasteiger partial charge is 0.465 e. The van der Waals surface area contributed by atoms with Gasteiger partial charge in [-0.3, -0.25) is 0 Å². The highest BCUT2D eigenvalue weighted by Gasteiger charge is 2.31. The van der Waals surface area contributed by atoms with Gasteiger partial charge in [0.15, 0.2) is 0 Å². The molecule has 0 aliphatic carbocycles. The number of nitrogens with two attached hydrogens (primary N) is 1. The molecule has 0 unspecified atom stereocenters. The van der Waals surface area contributed by atoms with E-state index >= 15 is 0 Å². The van der Waals surface area contributed by atoms with E-state index in [1.807, 2.05) is 0 Å². The van der Waals surface area contributed by atoms with E-state index in [0.717, 1.165) is 5.56 Å². The van der Waals surface area contributed by atoms with E-state index in [4.69, 9.17) is 8.48 Å². The molecule has 164 valence electrons. The number of nitrogens with zero attached hydrogens (tertiary/aromatic N) is 1. The SMILES string of the molecule is [2H]C([2H])(C(C)C)N(C[C@@H](O)[C@H](Cc1ccccc1)NC(=O)O)S(=O)(=O)c1ccc(N)cc1. The lowest BCUT2D eigenvalue weighted by Crippen LogP contribution is -2.50. The van der Waals surface area contributed by atoms with Crippen LogP contribution in [-0.2, 0) is 16.4 Å². The first-order chi connectivity index (χ1) is 14.9. The molecule has 0 aromatic heterocycles. The first-order valence-electron chi connectivity index (χ1n) is 10.5. The van der Waals surface area contributed by atoms with Crippen LogP contribution in [0, 0.1) is 5.92 Å². The molecule has 0 fully saturated rings. The molecule has 2 aromatic rings. The molecule has 2 aromatic carbocycles. The highest BCUT2D eigenvalue weighted by atomic mass is 32.2. The Labute approximate surface area is 180 Å². The van der Waals surface area contributed by atoms with E-state index in [1.54, 1.807) is 30.3 Å². The van der Waals surface area contributed by atoms with Gasteiger partial charge in [-0.15, -0.1) is 0 Å². The highest BCUT2D eigenvalue weighted by Crippen LogP contribution is 2.20. The summed E-state index contributed by atoms with van der Waals surface area (Å²) in [4.78, 5) is 11.1. The van der Waals surface area contributed by atoms with Crippen molar-refractivity contribution in [3.63, 3.8) is 0 Å². The first-order valence-corrected chi connectivity index (χ1v) is 10.9. The fourth-order valence-electron chi connectivity index (χ4n) is 2.88. The van der Waals surface area contributed by atoms with Gasteiger partial charge in [-0.2, -0.15) is 4.31 Å². The maximum atomic E-state index is 13.3. The van der Waals surface area contributed by atoms with Gasteiger partial charge in [-0.1, -0.05) is 44.2 Å². The van der Waals surface area contributed by atoms with Crippen molar-refractivity contribution in [1.29, 1.82) is 0 Å². The third kappa shape index (κ3) is 6.72. The summed E-state index contributed by atoms with van der Waals surface area (Å²) in [7, 11) is -4.38. The molecule has 0 bridgehead atoms. The van der Waals surface area contributed by atoms with E-state index in [-0.39, 0.29) is 11.3 Å². The Bertz CT molecular complexity index is 1000. The number of anilines is 1. The van der Waals surface area contributed by atoms with E-state index in [1.165, 1.54) is 38.1 Å². The quantitative estimate of drug-likeness (QED) is 0.421. The minimum absolute atomic E-state index is 0.0920. The number of hydrogen-bond acceptors (Lipinski definition) is 5. The summed E-state index contributed by atoms with van der Waals surface area (Å²) in [5, 5.41) is 22.3. The number of aliphatic hydroxyl groups is 1. The summed E-state index contributed by atoms with van der Waals surface area (Å²) >= 11 is 0. The number of sulfonamides is 1. The molecule has 30 heavy (non-hydrogen) atoms. The van der Waals surface area contributed by atoms with Crippen molar-refractivity contribution in [3.05, 3.63) is 60.2 Å². The highest BCUT2D eigenvalue weighted by molar-refractivity contribution is 7.89. The fraction of sp³-hybridized carbons (Fsp3) is 0.381. The van der Waals surface area contributed by atoms with E-state index in [0.29, 0.717) is 9.99 Å². The van der Waals surface area contributed by atoms with Crippen molar-refractivity contribution in [2.75, 3.05) is 18.8 Å². The molecule has 9 heteroatoms. The number of carboxylic acid groups (broad SMARTS) is 1. The Hall–Kier alpha value is -2.62. The molecule has 2 rings (SSSR count). The maximum absolute atomic E-state index is 13.3. The Morgan fingerprint density at radius 1 is 1.17 bits per heavy atom. The van der Waals surface area contributed by atoms with Crippen LogP contribution in [0.15, 0.2) is 59.5 Å². The standard InChI is InChI=1S/C21H29N3O5S/c1-15(2)13-24(30(28,29)18-10-8-17(22)9-11-18)14-20(25)19(23-21(26)27)12-16-6-4-3-5-7-16/h3-11,15,19-20,23,25H,12-14,22H2,1-2H3,(H,26,27)/t19-,20+/m0/s1/i13D2. The second-order valence-electron chi connectivity index (χ2n) is 7.20. The Morgan fingerprint density at radius 3 is 2.30 bits per heavy atom. The summed E-state index contributed by atoms with van der Waals surface area (Å²) in [5.41, 5.74) is 6.70. The summed E-state index contributed by atoms with van der Waals surface area (Å²) < 4.78 is 44.1. The third-order valence-electron chi connectivity index (χ3n) is 4.29. The molecule has 0 saturated heterocycles.